The molecule has 100 valence electrons. The molecule has 0 saturated heterocycles. The molecule has 2 nitrogen and oxygen atoms in total. The Morgan fingerprint density at radius 3 is 2.65 bits per heavy atom. The molecule has 1 aliphatic heterocycles. The zero-order chi connectivity index (χ0) is 14.1. The summed E-state index contributed by atoms with van der Waals surface area (Å²) in [6.45, 7) is 0. The number of hydrogen-bond donors (Lipinski definition) is 1. The van der Waals surface area contributed by atoms with E-state index < -0.39 is 0 Å². The lowest BCUT2D eigenvalue weighted by atomic mass is 10.0. The van der Waals surface area contributed by atoms with Gasteiger partial charge in [0.05, 0.1) is 0 Å². The first-order valence-corrected chi connectivity index (χ1v) is 7.46. The minimum Gasteiger partial charge on any atom is -0.508 e. The van der Waals surface area contributed by atoms with Crippen LogP contribution >= 0.6 is 23.4 Å². The van der Waals surface area contributed by atoms with Gasteiger partial charge in [0.2, 0.25) is 0 Å². The average molecular weight is 303 g/mol. The highest BCUT2D eigenvalue weighted by Crippen LogP contribution is 2.34. The molecule has 0 amide bonds. The summed E-state index contributed by atoms with van der Waals surface area (Å²) in [6, 6.07) is 12.2. The third-order valence-corrected chi connectivity index (χ3v) is 4.45. The summed E-state index contributed by atoms with van der Waals surface area (Å²) in [4.78, 5) is 13.4. The molecule has 3 rings (SSSR count). The Balaban J connectivity index is 1.97. The number of hydrogen-bond acceptors (Lipinski definition) is 3. The number of fused-ring (bicyclic) bond motifs is 1. The highest BCUT2D eigenvalue weighted by Gasteiger charge is 2.22. The van der Waals surface area contributed by atoms with Crippen molar-refractivity contribution in [2.24, 2.45) is 0 Å². The normalized spacial score (nSPS) is 16.2. The van der Waals surface area contributed by atoms with Gasteiger partial charge in [-0.25, -0.2) is 0 Å². The maximum Gasteiger partial charge on any atom is 0.191 e. The maximum atomic E-state index is 12.5. The number of carbonyl (C=O) groups is 1. The van der Waals surface area contributed by atoms with E-state index in [0.717, 1.165) is 16.0 Å². The van der Waals surface area contributed by atoms with Crippen LogP contribution in [0.15, 0.2) is 52.9 Å². The van der Waals surface area contributed by atoms with Crippen molar-refractivity contribution in [1.82, 2.24) is 0 Å². The second-order valence-corrected chi connectivity index (χ2v) is 5.97. The van der Waals surface area contributed by atoms with Gasteiger partial charge in [0.15, 0.2) is 5.78 Å². The molecule has 4 heteroatoms. The van der Waals surface area contributed by atoms with Crippen LogP contribution in [0.2, 0.25) is 5.02 Å². The zero-order valence-corrected chi connectivity index (χ0v) is 12.0. The largest absolute Gasteiger partial charge is 0.508 e. The van der Waals surface area contributed by atoms with Crippen molar-refractivity contribution in [2.45, 2.75) is 4.90 Å². The van der Waals surface area contributed by atoms with E-state index in [9.17, 15) is 9.90 Å². The fourth-order valence-electron chi connectivity index (χ4n) is 2.08. The highest BCUT2D eigenvalue weighted by molar-refractivity contribution is 7.99. The Morgan fingerprint density at radius 2 is 1.90 bits per heavy atom. The van der Waals surface area contributed by atoms with Crippen molar-refractivity contribution in [2.75, 3.05) is 5.75 Å². The van der Waals surface area contributed by atoms with Gasteiger partial charge in [0, 0.05) is 26.8 Å². The molecule has 1 aliphatic rings. The van der Waals surface area contributed by atoms with Crippen LogP contribution in [0.25, 0.3) is 6.08 Å². The van der Waals surface area contributed by atoms with Crippen LogP contribution in [0, 0.1) is 0 Å². The molecule has 20 heavy (non-hydrogen) atoms. The van der Waals surface area contributed by atoms with E-state index in [4.69, 9.17) is 11.6 Å². The van der Waals surface area contributed by atoms with Crippen molar-refractivity contribution in [3.8, 4) is 5.75 Å². The van der Waals surface area contributed by atoms with Gasteiger partial charge in [-0.1, -0.05) is 23.7 Å². The Morgan fingerprint density at radius 1 is 1.15 bits per heavy atom. The zero-order valence-electron chi connectivity index (χ0n) is 10.5. The summed E-state index contributed by atoms with van der Waals surface area (Å²) in [5.41, 5.74) is 2.31. The monoisotopic (exact) mass is 302 g/mol. The second kappa shape index (κ2) is 5.35. The lowest BCUT2D eigenvalue weighted by Gasteiger charge is -2.17. The molecular weight excluding hydrogens is 292 g/mol. The van der Waals surface area contributed by atoms with Crippen molar-refractivity contribution in [3.05, 3.63) is 64.2 Å². The number of carbonyl (C=O) groups excluding carboxylic acids is 1. The first-order chi connectivity index (χ1) is 9.63. The van der Waals surface area contributed by atoms with Crippen molar-refractivity contribution < 1.29 is 9.90 Å². The fourth-order valence-corrected chi connectivity index (χ4v) is 3.25. The molecule has 0 saturated carbocycles. The van der Waals surface area contributed by atoms with E-state index in [0.29, 0.717) is 16.3 Å². The van der Waals surface area contributed by atoms with Crippen LogP contribution in [0.1, 0.15) is 15.9 Å². The summed E-state index contributed by atoms with van der Waals surface area (Å²) in [7, 11) is 0. The molecule has 0 spiro atoms. The lowest BCUT2D eigenvalue weighted by Crippen LogP contribution is -2.12. The number of benzene rings is 2. The molecular formula is C16H11ClO2S. The predicted molar refractivity (Wildman–Crippen MR) is 82.6 cm³/mol. The number of aromatic hydroxyl groups is 1. The molecule has 1 heterocycles. The van der Waals surface area contributed by atoms with E-state index in [1.165, 1.54) is 0 Å². The summed E-state index contributed by atoms with van der Waals surface area (Å²) in [5.74, 6) is 0.886. The van der Waals surface area contributed by atoms with Gasteiger partial charge in [-0.05, 0) is 42.0 Å². The summed E-state index contributed by atoms with van der Waals surface area (Å²) < 4.78 is 0. The topological polar surface area (TPSA) is 37.3 Å². The van der Waals surface area contributed by atoms with E-state index >= 15 is 0 Å². The second-order valence-electron chi connectivity index (χ2n) is 4.52. The average Bonchev–Trinajstić information content (AvgIpc) is 2.45. The Kier molecular flexibility index (Phi) is 3.55. The number of rotatable bonds is 1. The molecule has 0 unspecified atom stereocenters. The molecule has 0 aliphatic carbocycles. The van der Waals surface area contributed by atoms with Crippen molar-refractivity contribution in [3.63, 3.8) is 0 Å². The molecule has 1 N–H and O–H groups in total. The number of ketones is 1. The van der Waals surface area contributed by atoms with Gasteiger partial charge in [-0.15, -0.1) is 11.8 Å². The maximum absolute atomic E-state index is 12.5. The SMILES string of the molecule is O=C1/C(=C/c2ccc(O)cc2)CSc2ccc(Cl)cc21. The quantitative estimate of drug-likeness (QED) is 0.792. The Bertz CT molecular complexity index is 705. The number of phenols is 1. The number of halogens is 1. The van der Waals surface area contributed by atoms with Gasteiger partial charge < -0.3 is 5.11 Å². The number of thioether (sulfide) groups is 1. The molecule has 0 atom stereocenters. The number of phenolic OH excluding ortho intramolecular Hbond substituents is 1. The minimum atomic E-state index is 0.0225. The summed E-state index contributed by atoms with van der Waals surface area (Å²) >= 11 is 7.59. The van der Waals surface area contributed by atoms with E-state index in [-0.39, 0.29) is 11.5 Å². The van der Waals surface area contributed by atoms with Gasteiger partial charge in [0.1, 0.15) is 5.75 Å². The third kappa shape index (κ3) is 2.60. The fraction of sp³-hybridized carbons (Fsp3) is 0.0625. The molecule has 2 aromatic rings. The van der Waals surface area contributed by atoms with Gasteiger partial charge in [-0.2, -0.15) is 0 Å². The molecule has 0 radical (unpaired) electrons. The number of Topliss-reactive ketones (excluding diaryl/α,β-unsaturated/α-hetero) is 1. The smallest absolute Gasteiger partial charge is 0.191 e. The third-order valence-electron chi connectivity index (χ3n) is 3.10. The van der Waals surface area contributed by atoms with Crippen LogP contribution in [0.5, 0.6) is 5.75 Å². The molecule has 0 bridgehead atoms. The van der Waals surface area contributed by atoms with E-state index in [1.807, 2.05) is 12.1 Å². The summed E-state index contributed by atoms with van der Waals surface area (Å²) in [5, 5.41) is 9.84. The van der Waals surface area contributed by atoms with Gasteiger partial charge in [-0.3, -0.25) is 4.79 Å². The summed E-state index contributed by atoms with van der Waals surface area (Å²) in [6.07, 6.45) is 1.86. The Hall–Kier alpha value is -1.71. The first kappa shape index (κ1) is 13.3. The first-order valence-electron chi connectivity index (χ1n) is 6.10. The highest BCUT2D eigenvalue weighted by atomic mass is 35.5. The standard InChI is InChI=1S/C16H11ClO2S/c17-12-3-6-15-14(8-12)16(19)11(9-20-15)7-10-1-4-13(18)5-2-10/h1-8,18H,9H2/b11-7+. The minimum absolute atomic E-state index is 0.0225. The van der Waals surface area contributed by atoms with Crippen LogP contribution in [0.3, 0.4) is 0 Å². The van der Waals surface area contributed by atoms with E-state index in [2.05, 4.69) is 0 Å². The molecule has 2 aromatic carbocycles. The molecule has 0 fully saturated rings. The van der Waals surface area contributed by atoms with Gasteiger partial charge in [0.25, 0.3) is 0 Å². The van der Waals surface area contributed by atoms with Crippen LogP contribution < -0.4 is 0 Å². The van der Waals surface area contributed by atoms with E-state index in [1.54, 1.807) is 48.2 Å². The van der Waals surface area contributed by atoms with Crippen LogP contribution in [-0.2, 0) is 0 Å². The molecule has 0 aromatic heterocycles. The van der Waals surface area contributed by atoms with Crippen molar-refractivity contribution >= 4 is 35.2 Å². The lowest BCUT2D eigenvalue weighted by molar-refractivity contribution is 0.103. The predicted octanol–water partition coefficient (Wildman–Crippen LogP) is 4.42. The van der Waals surface area contributed by atoms with Gasteiger partial charge >= 0.3 is 0 Å². The van der Waals surface area contributed by atoms with Crippen LogP contribution in [0.4, 0.5) is 0 Å². The Labute approximate surface area is 126 Å². The van der Waals surface area contributed by atoms with Crippen LogP contribution in [-0.4, -0.2) is 16.6 Å². The van der Waals surface area contributed by atoms with Crippen molar-refractivity contribution in [1.29, 1.82) is 0 Å².